The maximum absolute atomic E-state index is 4.12. The lowest BCUT2D eigenvalue weighted by Crippen LogP contribution is -2.16. The van der Waals surface area contributed by atoms with Crippen LogP contribution in [-0.4, -0.2) is 31.3 Å². The molecule has 86 valence electrons. The fourth-order valence-electron chi connectivity index (χ4n) is 1.53. The van der Waals surface area contributed by atoms with Crippen LogP contribution < -0.4 is 5.32 Å². The minimum atomic E-state index is 0.758. The molecule has 0 radical (unpaired) electrons. The Labute approximate surface area is 94.3 Å². The van der Waals surface area contributed by atoms with Crippen LogP contribution >= 0.6 is 0 Å². The van der Waals surface area contributed by atoms with Crippen LogP contribution in [0.4, 0.5) is 0 Å². The molecule has 0 aliphatic carbocycles. The molecule has 0 atom stereocenters. The van der Waals surface area contributed by atoms with Crippen LogP contribution in [0, 0.1) is 0 Å². The first-order valence-electron chi connectivity index (χ1n) is 5.27. The maximum Gasteiger partial charge on any atom is 0.0964 e. The third-order valence-corrected chi connectivity index (χ3v) is 2.31. The summed E-state index contributed by atoms with van der Waals surface area (Å²) in [4.78, 5) is 0. The Bertz CT molecular complexity index is 401. The van der Waals surface area contributed by atoms with Crippen molar-refractivity contribution < 1.29 is 0 Å². The molecule has 2 heterocycles. The Morgan fingerprint density at radius 2 is 2.12 bits per heavy atom. The summed E-state index contributed by atoms with van der Waals surface area (Å²) in [5.41, 5.74) is 2.21. The molecule has 0 unspecified atom stereocenters. The molecule has 0 saturated heterocycles. The van der Waals surface area contributed by atoms with Gasteiger partial charge in [0.15, 0.2) is 0 Å². The van der Waals surface area contributed by atoms with Crippen molar-refractivity contribution in [3.8, 4) is 0 Å². The van der Waals surface area contributed by atoms with Crippen LogP contribution in [0.5, 0.6) is 0 Å². The topological polar surface area (TPSA) is 60.6 Å². The third kappa shape index (κ3) is 2.90. The van der Waals surface area contributed by atoms with Gasteiger partial charge < -0.3 is 5.32 Å². The summed E-state index contributed by atoms with van der Waals surface area (Å²) in [5.74, 6) is 0. The van der Waals surface area contributed by atoms with Gasteiger partial charge >= 0.3 is 0 Å². The van der Waals surface area contributed by atoms with E-state index >= 15 is 0 Å². The van der Waals surface area contributed by atoms with Crippen molar-refractivity contribution in [3.63, 3.8) is 0 Å². The Balaban J connectivity index is 1.69. The predicted octanol–water partition coefficient (Wildman–Crippen LogP) is -0.119. The van der Waals surface area contributed by atoms with Crippen LogP contribution in [0.15, 0.2) is 18.6 Å². The van der Waals surface area contributed by atoms with Gasteiger partial charge in [-0.25, -0.2) is 0 Å². The van der Waals surface area contributed by atoms with E-state index in [4.69, 9.17) is 0 Å². The zero-order valence-electron chi connectivity index (χ0n) is 9.59. The van der Waals surface area contributed by atoms with E-state index in [9.17, 15) is 0 Å². The summed E-state index contributed by atoms with van der Waals surface area (Å²) < 4.78 is 3.52. The molecule has 1 N–H and O–H groups in total. The van der Waals surface area contributed by atoms with Gasteiger partial charge in [0.25, 0.3) is 0 Å². The molecular weight excluding hydrogens is 204 g/mol. The van der Waals surface area contributed by atoms with E-state index in [1.54, 1.807) is 4.68 Å². The molecule has 0 amide bonds. The van der Waals surface area contributed by atoms with Crippen molar-refractivity contribution in [3.05, 3.63) is 29.8 Å². The molecule has 16 heavy (non-hydrogen) atoms. The number of nitrogens with zero attached hydrogens (tertiary/aromatic N) is 5. The molecule has 0 bridgehead atoms. The molecule has 2 rings (SSSR count). The van der Waals surface area contributed by atoms with E-state index in [2.05, 4.69) is 20.7 Å². The van der Waals surface area contributed by atoms with Crippen molar-refractivity contribution in [2.24, 2.45) is 14.1 Å². The largest absolute Gasteiger partial charge is 0.311 e. The van der Waals surface area contributed by atoms with Crippen molar-refractivity contribution in [2.75, 3.05) is 6.54 Å². The summed E-state index contributed by atoms with van der Waals surface area (Å²) >= 11 is 0. The average molecular weight is 220 g/mol. The smallest absolute Gasteiger partial charge is 0.0964 e. The maximum atomic E-state index is 4.12. The second-order valence-electron chi connectivity index (χ2n) is 3.83. The normalized spacial score (nSPS) is 10.9. The zero-order chi connectivity index (χ0) is 11.4. The molecule has 0 aromatic carbocycles. The molecule has 0 aliphatic heterocycles. The SMILES string of the molecule is Cn1cc(CCNCc2cn(C)nn2)cn1. The van der Waals surface area contributed by atoms with Crippen LogP contribution in [0.25, 0.3) is 0 Å². The first kappa shape index (κ1) is 10.8. The van der Waals surface area contributed by atoms with Crippen LogP contribution in [0.2, 0.25) is 0 Å². The van der Waals surface area contributed by atoms with Gasteiger partial charge in [-0.2, -0.15) is 5.10 Å². The summed E-state index contributed by atoms with van der Waals surface area (Å²) in [6, 6.07) is 0. The Morgan fingerprint density at radius 1 is 1.25 bits per heavy atom. The summed E-state index contributed by atoms with van der Waals surface area (Å²) in [6.07, 6.45) is 6.82. The third-order valence-electron chi connectivity index (χ3n) is 2.31. The van der Waals surface area contributed by atoms with E-state index in [1.165, 1.54) is 5.56 Å². The van der Waals surface area contributed by atoms with Crippen molar-refractivity contribution >= 4 is 0 Å². The quantitative estimate of drug-likeness (QED) is 0.714. The number of hydrogen-bond acceptors (Lipinski definition) is 4. The van der Waals surface area contributed by atoms with Crippen LogP contribution in [0.3, 0.4) is 0 Å². The standard InChI is InChI=1S/C10H16N6/c1-15-7-9(5-12-15)3-4-11-6-10-8-16(2)14-13-10/h5,7-8,11H,3-4,6H2,1-2H3. The van der Waals surface area contributed by atoms with Gasteiger partial charge in [-0.1, -0.05) is 5.21 Å². The molecule has 2 aromatic rings. The molecular formula is C10H16N6. The highest BCUT2D eigenvalue weighted by atomic mass is 15.4. The summed E-state index contributed by atoms with van der Waals surface area (Å²) in [5, 5.41) is 15.3. The number of aryl methyl sites for hydroxylation is 2. The van der Waals surface area contributed by atoms with E-state index < -0.39 is 0 Å². The molecule has 2 aromatic heterocycles. The number of nitrogens with one attached hydrogen (secondary N) is 1. The minimum absolute atomic E-state index is 0.758. The first-order valence-corrected chi connectivity index (χ1v) is 5.27. The van der Waals surface area contributed by atoms with E-state index in [0.29, 0.717) is 0 Å². The van der Waals surface area contributed by atoms with Crippen molar-refractivity contribution in [2.45, 2.75) is 13.0 Å². The van der Waals surface area contributed by atoms with Gasteiger partial charge in [0.05, 0.1) is 11.9 Å². The lowest BCUT2D eigenvalue weighted by molar-refractivity contribution is 0.669. The van der Waals surface area contributed by atoms with Crippen molar-refractivity contribution in [1.29, 1.82) is 0 Å². The summed E-state index contributed by atoms with van der Waals surface area (Å²) in [7, 11) is 3.79. The Hall–Kier alpha value is -1.69. The minimum Gasteiger partial charge on any atom is -0.311 e. The van der Waals surface area contributed by atoms with Crippen molar-refractivity contribution in [1.82, 2.24) is 30.1 Å². The summed E-state index contributed by atoms with van der Waals surface area (Å²) in [6.45, 7) is 1.68. The highest BCUT2D eigenvalue weighted by molar-refractivity contribution is 5.04. The molecule has 0 aliphatic rings. The average Bonchev–Trinajstić information content (AvgIpc) is 2.83. The fourth-order valence-corrected chi connectivity index (χ4v) is 1.53. The highest BCUT2D eigenvalue weighted by Gasteiger charge is 1.98. The Morgan fingerprint density at radius 3 is 2.75 bits per heavy atom. The molecule has 0 saturated carbocycles. The van der Waals surface area contributed by atoms with Crippen LogP contribution in [0.1, 0.15) is 11.3 Å². The van der Waals surface area contributed by atoms with Gasteiger partial charge in [-0.3, -0.25) is 9.36 Å². The molecule has 0 fully saturated rings. The number of hydrogen-bond donors (Lipinski definition) is 1. The van der Waals surface area contributed by atoms with Gasteiger partial charge in [-0.05, 0) is 18.5 Å². The van der Waals surface area contributed by atoms with Gasteiger partial charge in [0.2, 0.25) is 0 Å². The first-order chi connectivity index (χ1) is 7.74. The zero-order valence-corrected chi connectivity index (χ0v) is 9.59. The fraction of sp³-hybridized carbons (Fsp3) is 0.500. The van der Waals surface area contributed by atoms with Crippen LogP contribution in [-0.2, 0) is 27.1 Å². The lowest BCUT2D eigenvalue weighted by atomic mass is 10.2. The number of aromatic nitrogens is 5. The van der Waals surface area contributed by atoms with E-state index in [0.717, 1.165) is 25.2 Å². The molecule has 6 nitrogen and oxygen atoms in total. The second-order valence-corrected chi connectivity index (χ2v) is 3.83. The molecule has 6 heteroatoms. The van der Waals surface area contributed by atoms with Gasteiger partial charge in [-0.15, -0.1) is 5.10 Å². The molecule has 0 spiro atoms. The van der Waals surface area contributed by atoms with E-state index in [-0.39, 0.29) is 0 Å². The lowest BCUT2D eigenvalue weighted by Gasteiger charge is -1.99. The van der Waals surface area contributed by atoms with E-state index in [1.807, 2.05) is 37.4 Å². The highest BCUT2D eigenvalue weighted by Crippen LogP contribution is 1.96. The Kier molecular flexibility index (Phi) is 3.31. The monoisotopic (exact) mass is 220 g/mol. The van der Waals surface area contributed by atoms with Gasteiger partial charge in [0.1, 0.15) is 0 Å². The second kappa shape index (κ2) is 4.89. The van der Waals surface area contributed by atoms with Gasteiger partial charge in [0, 0.05) is 33.0 Å². The number of rotatable bonds is 5. The predicted molar refractivity (Wildman–Crippen MR) is 59.6 cm³/mol.